The van der Waals surface area contributed by atoms with Crippen molar-refractivity contribution in [3.05, 3.63) is 149 Å². The second-order valence-corrected chi connectivity index (χ2v) is 15.8. The summed E-state index contributed by atoms with van der Waals surface area (Å²) in [7, 11) is 1.48. The summed E-state index contributed by atoms with van der Waals surface area (Å²) >= 11 is 0. The zero-order chi connectivity index (χ0) is 37.8. The van der Waals surface area contributed by atoms with E-state index in [2.05, 4.69) is 23.1 Å². The lowest BCUT2D eigenvalue weighted by Crippen LogP contribution is -2.58. The summed E-state index contributed by atoms with van der Waals surface area (Å²) in [6.45, 7) is 2.40. The molecule has 8 heteroatoms. The lowest BCUT2D eigenvalue weighted by atomic mass is 9.44. The molecule has 3 aliphatic carbocycles. The van der Waals surface area contributed by atoms with Crippen LogP contribution in [0.1, 0.15) is 53.9 Å². The Labute approximate surface area is 321 Å². The van der Waals surface area contributed by atoms with Crippen LogP contribution in [-0.2, 0) is 31.1 Å². The van der Waals surface area contributed by atoms with Crippen molar-refractivity contribution >= 4 is 29.0 Å². The van der Waals surface area contributed by atoms with E-state index >= 15 is 9.59 Å². The smallest absolute Gasteiger partial charge is 0.233 e. The Morgan fingerprint density at radius 1 is 0.800 bits per heavy atom. The fourth-order valence-corrected chi connectivity index (χ4v) is 10.7. The molecule has 4 aromatic carbocycles. The third-order valence-electron chi connectivity index (χ3n) is 13.1. The highest BCUT2D eigenvalue weighted by atomic mass is 16.5. The molecule has 2 amide bonds. The predicted octanol–water partition coefficient (Wildman–Crippen LogP) is 6.89. The molecule has 1 saturated carbocycles. The maximum Gasteiger partial charge on any atom is 0.233 e. The summed E-state index contributed by atoms with van der Waals surface area (Å²) in [5.41, 5.74) is 3.15. The zero-order valence-electron chi connectivity index (χ0n) is 30.8. The molecule has 4 aromatic rings. The summed E-state index contributed by atoms with van der Waals surface area (Å²) in [6, 6.07) is 34.1. The Morgan fingerprint density at radius 3 is 2.15 bits per heavy atom. The number of rotatable bonds is 7. The van der Waals surface area contributed by atoms with Gasteiger partial charge in [0.2, 0.25) is 11.8 Å². The predicted molar refractivity (Wildman–Crippen MR) is 208 cm³/mol. The number of hydrogen-bond acceptors (Lipinski definition) is 7. The summed E-state index contributed by atoms with van der Waals surface area (Å²) in [5, 5.41) is 11.2. The van der Waals surface area contributed by atoms with Gasteiger partial charge in [-0.2, -0.15) is 0 Å². The first kappa shape index (κ1) is 35.1. The number of piperidine rings is 1. The topological polar surface area (TPSA) is 104 Å². The molecule has 0 bridgehead atoms. The van der Waals surface area contributed by atoms with Gasteiger partial charge in [0, 0.05) is 43.1 Å². The molecule has 278 valence electrons. The SMILES string of the molecule is COc1ccc(C2C3=CCC4C(=O)N(C5CCN(Cc6ccccc6)CC5)C(=O)C4C3CC3C(=O)C(c4ccccc4)=CC(=O)C32c2ccccc2)cc1O. The molecule has 2 aliphatic heterocycles. The van der Waals surface area contributed by atoms with Crippen molar-refractivity contribution in [2.24, 2.45) is 23.7 Å². The van der Waals surface area contributed by atoms with Crippen molar-refractivity contribution in [3.63, 3.8) is 0 Å². The molecule has 0 aromatic heterocycles. The lowest BCUT2D eigenvalue weighted by Gasteiger charge is -2.55. The molecule has 6 unspecified atom stereocenters. The molecule has 0 spiro atoms. The van der Waals surface area contributed by atoms with Gasteiger partial charge in [-0.1, -0.05) is 109 Å². The van der Waals surface area contributed by atoms with Gasteiger partial charge in [0.1, 0.15) is 0 Å². The molecule has 6 atom stereocenters. The monoisotopic (exact) mass is 732 g/mol. The average molecular weight is 733 g/mol. The van der Waals surface area contributed by atoms with Crippen molar-refractivity contribution in [2.75, 3.05) is 20.2 Å². The fraction of sp³-hybridized carbons (Fsp3) is 0.319. The number of ketones is 2. The molecular formula is C47H44N2O6. The van der Waals surface area contributed by atoms with Gasteiger partial charge in [-0.25, -0.2) is 0 Å². The minimum Gasteiger partial charge on any atom is -0.504 e. The van der Waals surface area contributed by atoms with Crippen LogP contribution in [0.5, 0.6) is 11.5 Å². The maximum absolute atomic E-state index is 15.2. The number of fused-ring (bicyclic) bond motifs is 4. The number of nitrogens with zero attached hydrogens (tertiary/aromatic N) is 2. The Morgan fingerprint density at radius 2 is 1.47 bits per heavy atom. The van der Waals surface area contributed by atoms with E-state index in [1.807, 2.05) is 84.9 Å². The summed E-state index contributed by atoms with van der Waals surface area (Å²) in [5.74, 6) is -3.59. The van der Waals surface area contributed by atoms with Crippen LogP contribution in [0.3, 0.4) is 0 Å². The quantitative estimate of drug-likeness (QED) is 0.163. The second kappa shape index (κ2) is 13.9. The standard InChI is InChI=1S/C47H44N2O6/c1-55-40-20-17-31(25-39(40)50)43-34-18-19-35-42(46(54)49(45(35)53)33-21-23-48(24-22-33)28-29-11-5-2-6-12-29)37(34)26-38-44(52)36(30-13-7-3-8-14-30)27-41(51)47(38,43)32-15-9-4-10-16-32/h2-18,20,25,27,33,35,37-38,42-43,50H,19,21-24,26,28H2,1H3. The van der Waals surface area contributed by atoms with Crippen molar-refractivity contribution in [1.82, 2.24) is 9.80 Å². The third-order valence-corrected chi connectivity index (χ3v) is 13.1. The van der Waals surface area contributed by atoms with Crippen molar-refractivity contribution in [3.8, 4) is 11.5 Å². The largest absolute Gasteiger partial charge is 0.504 e. The van der Waals surface area contributed by atoms with Gasteiger partial charge in [-0.15, -0.1) is 0 Å². The summed E-state index contributed by atoms with van der Waals surface area (Å²) in [4.78, 5) is 63.5. The Hall–Kier alpha value is -5.60. The van der Waals surface area contributed by atoms with Crippen LogP contribution in [0.25, 0.3) is 5.57 Å². The number of carbonyl (C=O) groups excluding carboxylic acids is 4. The summed E-state index contributed by atoms with van der Waals surface area (Å²) < 4.78 is 5.41. The van der Waals surface area contributed by atoms with Crippen LogP contribution in [0.15, 0.2) is 127 Å². The first-order chi connectivity index (χ1) is 26.8. The van der Waals surface area contributed by atoms with Crippen molar-refractivity contribution in [2.45, 2.75) is 49.6 Å². The van der Waals surface area contributed by atoms with E-state index in [1.165, 1.54) is 18.7 Å². The number of methoxy groups -OCH3 is 1. The van der Waals surface area contributed by atoms with Gasteiger partial charge < -0.3 is 9.84 Å². The number of imide groups is 1. The Balaban J connectivity index is 1.13. The first-order valence-corrected chi connectivity index (χ1v) is 19.4. The van der Waals surface area contributed by atoms with E-state index in [9.17, 15) is 14.7 Å². The molecule has 8 nitrogen and oxygen atoms in total. The van der Waals surface area contributed by atoms with Crippen molar-refractivity contribution < 1.29 is 29.0 Å². The highest BCUT2D eigenvalue weighted by Crippen LogP contribution is 2.64. The molecule has 0 radical (unpaired) electrons. The number of hydrogen-bond donors (Lipinski definition) is 1. The number of aromatic hydroxyl groups is 1. The third kappa shape index (κ3) is 5.60. The normalized spacial score (nSPS) is 28.2. The molecule has 55 heavy (non-hydrogen) atoms. The molecule has 2 saturated heterocycles. The van der Waals surface area contributed by atoms with Crippen LogP contribution in [0.2, 0.25) is 0 Å². The van der Waals surface area contributed by atoms with Crippen LogP contribution in [0, 0.1) is 23.7 Å². The molecule has 3 fully saturated rings. The molecule has 2 heterocycles. The maximum atomic E-state index is 15.2. The number of phenolic OH excluding ortho intramolecular Hbond substituents is 1. The summed E-state index contributed by atoms with van der Waals surface area (Å²) in [6.07, 6.45) is 5.62. The average Bonchev–Trinajstić information content (AvgIpc) is 3.48. The number of carbonyl (C=O) groups is 4. The second-order valence-electron chi connectivity index (χ2n) is 15.8. The van der Waals surface area contributed by atoms with Gasteiger partial charge in [0.05, 0.1) is 24.4 Å². The minimum absolute atomic E-state index is 0.0804. The van der Waals surface area contributed by atoms with E-state index < -0.39 is 35.0 Å². The van der Waals surface area contributed by atoms with Crippen LogP contribution < -0.4 is 4.74 Å². The fourth-order valence-electron chi connectivity index (χ4n) is 10.7. The highest BCUT2D eigenvalue weighted by molar-refractivity contribution is 6.31. The molecule has 1 N–H and O–H groups in total. The van der Waals surface area contributed by atoms with E-state index in [0.717, 1.165) is 25.2 Å². The van der Waals surface area contributed by atoms with Gasteiger partial charge in [0.15, 0.2) is 23.1 Å². The number of amides is 2. The van der Waals surface area contributed by atoms with Crippen molar-refractivity contribution in [1.29, 1.82) is 0 Å². The lowest BCUT2D eigenvalue weighted by molar-refractivity contribution is -0.144. The Kier molecular flexibility index (Phi) is 8.89. The molecular weight excluding hydrogens is 689 g/mol. The number of benzene rings is 4. The molecule has 9 rings (SSSR count). The van der Waals surface area contributed by atoms with Crippen LogP contribution in [0.4, 0.5) is 0 Å². The first-order valence-electron chi connectivity index (χ1n) is 19.4. The van der Waals surface area contributed by atoms with E-state index in [1.54, 1.807) is 17.0 Å². The number of likely N-dealkylation sites (tertiary alicyclic amines) is 2. The van der Waals surface area contributed by atoms with Crippen LogP contribution >= 0.6 is 0 Å². The van der Waals surface area contributed by atoms with E-state index in [-0.39, 0.29) is 41.6 Å². The van der Waals surface area contributed by atoms with Crippen LogP contribution in [-0.4, -0.2) is 64.5 Å². The Bertz CT molecular complexity index is 2230. The van der Waals surface area contributed by atoms with Gasteiger partial charge >= 0.3 is 0 Å². The molecule has 5 aliphatic rings. The van der Waals surface area contributed by atoms with E-state index in [4.69, 9.17) is 4.74 Å². The minimum atomic E-state index is -1.36. The zero-order valence-corrected chi connectivity index (χ0v) is 30.8. The number of ether oxygens (including phenoxy) is 1. The van der Waals surface area contributed by atoms with E-state index in [0.29, 0.717) is 47.3 Å². The highest BCUT2D eigenvalue weighted by Gasteiger charge is 2.66. The van der Waals surface area contributed by atoms with Gasteiger partial charge in [-0.3, -0.25) is 29.0 Å². The number of Topliss-reactive ketones (excluding diaryl/α,β-unsaturated/α-hetero) is 1. The number of phenols is 1. The van der Waals surface area contributed by atoms with Gasteiger partial charge in [0.25, 0.3) is 0 Å². The number of allylic oxidation sites excluding steroid dienone is 4. The van der Waals surface area contributed by atoms with Gasteiger partial charge in [-0.05, 0) is 72.1 Å².